The third-order valence-electron chi connectivity index (χ3n) is 3.47. The monoisotopic (exact) mass is 259 g/mol. The predicted octanol–water partition coefficient (Wildman–Crippen LogP) is 3.82. The van der Waals surface area contributed by atoms with Crippen LogP contribution < -0.4 is 5.32 Å². The molecule has 0 aliphatic rings. The fourth-order valence-corrected chi connectivity index (χ4v) is 2.50. The van der Waals surface area contributed by atoms with E-state index in [1.165, 1.54) is 11.1 Å². The molecule has 3 nitrogen and oxygen atoms in total. The van der Waals surface area contributed by atoms with E-state index in [0.717, 1.165) is 37.3 Å². The van der Waals surface area contributed by atoms with Crippen molar-refractivity contribution in [2.24, 2.45) is 0 Å². The summed E-state index contributed by atoms with van der Waals surface area (Å²) in [6.07, 6.45) is 2.28. The topological polar surface area (TPSA) is 29.9 Å². The van der Waals surface area contributed by atoms with Crippen LogP contribution in [-0.4, -0.2) is 16.1 Å². The molecule has 1 heterocycles. The van der Waals surface area contributed by atoms with Gasteiger partial charge < -0.3 is 9.88 Å². The highest BCUT2D eigenvalue weighted by Crippen LogP contribution is 2.22. The zero-order valence-electron chi connectivity index (χ0n) is 12.5. The number of fused-ring (bicyclic) bond motifs is 1. The number of aryl methyl sites for hydroxylation is 2. The van der Waals surface area contributed by atoms with Gasteiger partial charge in [-0.05, 0) is 50.9 Å². The minimum absolute atomic E-state index is 0.305. The van der Waals surface area contributed by atoms with Crippen molar-refractivity contribution in [3.05, 3.63) is 29.6 Å². The van der Waals surface area contributed by atoms with Gasteiger partial charge in [0.05, 0.1) is 17.1 Å². The Labute approximate surface area is 116 Å². The van der Waals surface area contributed by atoms with Crippen LogP contribution in [0, 0.1) is 6.92 Å². The second-order valence-electron chi connectivity index (χ2n) is 5.29. The number of benzene rings is 1. The fourth-order valence-electron chi connectivity index (χ4n) is 2.50. The number of aromatic nitrogens is 2. The van der Waals surface area contributed by atoms with E-state index in [-0.39, 0.29) is 0 Å². The predicted molar refractivity (Wildman–Crippen MR) is 81.5 cm³/mol. The molecule has 2 rings (SSSR count). The zero-order chi connectivity index (χ0) is 13.8. The SMILES string of the molecule is CCCNC(C)c1nc2cc(C)ccc2n1CCC. The van der Waals surface area contributed by atoms with Gasteiger partial charge in [-0.3, -0.25) is 0 Å². The summed E-state index contributed by atoms with van der Waals surface area (Å²) in [7, 11) is 0. The van der Waals surface area contributed by atoms with Gasteiger partial charge in [0.25, 0.3) is 0 Å². The van der Waals surface area contributed by atoms with E-state index in [9.17, 15) is 0 Å². The molecule has 0 fully saturated rings. The molecule has 0 bridgehead atoms. The van der Waals surface area contributed by atoms with Crippen molar-refractivity contribution in [2.75, 3.05) is 6.54 Å². The first kappa shape index (κ1) is 14.1. The van der Waals surface area contributed by atoms with E-state index in [1.807, 2.05) is 0 Å². The molecule has 3 heteroatoms. The van der Waals surface area contributed by atoms with Crippen LogP contribution in [0.1, 0.15) is 51.0 Å². The van der Waals surface area contributed by atoms with Crippen molar-refractivity contribution in [3.63, 3.8) is 0 Å². The van der Waals surface area contributed by atoms with Crippen molar-refractivity contribution >= 4 is 11.0 Å². The Bertz CT molecular complexity index is 542. The highest BCUT2D eigenvalue weighted by molar-refractivity contribution is 5.77. The third kappa shape index (κ3) is 2.98. The number of hydrogen-bond acceptors (Lipinski definition) is 2. The van der Waals surface area contributed by atoms with E-state index < -0.39 is 0 Å². The molecule has 0 spiro atoms. The minimum atomic E-state index is 0.305. The molecule has 0 saturated heterocycles. The van der Waals surface area contributed by atoms with Crippen LogP contribution in [0.5, 0.6) is 0 Å². The summed E-state index contributed by atoms with van der Waals surface area (Å²) in [5.41, 5.74) is 3.65. The number of hydrogen-bond donors (Lipinski definition) is 1. The van der Waals surface area contributed by atoms with Crippen LogP contribution >= 0.6 is 0 Å². The van der Waals surface area contributed by atoms with Crippen LogP contribution in [-0.2, 0) is 6.54 Å². The van der Waals surface area contributed by atoms with Gasteiger partial charge in [-0.25, -0.2) is 4.98 Å². The van der Waals surface area contributed by atoms with Gasteiger partial charge in [0.2, 0.25) is 0 Å². The Hall–Kier alpha value is -1.35. The van der Waals surface area contributed by atoms with E-state index in [1.54, 1.807) is 0 Å². The molecule has 2 aromatic rings. The molecule has 19 heavy (non-hydrogen) atoms. The van der Waals surface area contributed by atoms with Gasteiger partial charge in [0, 0.05) is 6.54 Å². The lowest BCUT2D eigenvalue weighted by Gasteiger charge is -2.15. The molecule has 0 saturated carbocycles. The summed E-state index contributed by atoms with van der Waals surface area (Å²) in [5, 5.41) is 3.54. The molecule has 1 atom stereocenters. The third-order valence-corrected chi connectivity index (χ3v) is 3.47. The Morgan fingerprint density at radius 1 is 1.26 bits per heavy atom. The van der Waals surface area contributed by atoms with E-state index in [4.69, 9.17) is 4.98 Å². The van der Waals surface area contributed by atoms with Gasteiger partial charge in [0.1, 0.15) is 5.82 Å². The van der Waals surface area contributed by atoms with Crippen molar-refractivity contribution in [1.29, 1.82) is 0 Å². The molecule has 1 aromatic heterocycles. The molecule has 0 amide bonds. The smallest absolute Gasteiger partial charge is 0.126 e. The van der Waals surface area contributed by atoms with Crippen LogP contribution in [0.3, 0.4) is 0 Å². The number of imidazole rings is 1. The molecular formula is C16H25N3. The van der Waals surface area contributed by atoms with Gasteiger partial charge in [-0.2, -0.15) is 0 Å². The number of rotatable bonds is 6. The summed E-state index contributed by atoms with van der Waals surface area (Å²) in [6, 6.07) is 6.85. The van der Waals surface area contributed by atoms with Gasteiger partial charge in [-0.1, -0.05) is 19.9 Å². The maximum Gasteiger partial charge on any atom is 0.126 e. The molecule has 1 N–H and O–H groups in total. The standard InChI is InChI=1S/C16H25N3/c1-5-9-17-13(4)16-18-14-11-12(3)7-8-15(14)19(16)10-6-2/h7-8,11,13,17H,5-6,9-10H2,1-4H3. The molecule has 0 aliphatic carbocycles. The molecule has 1 aromatic carbocycles. The highest BCUT2D eigenvalue weighted by Gasteiger charge is 2.15. The maximum absolute atomic E-state index is 4.85. The van der Waals surface area contributed by atoms with Crippen LogP contribution in [0.2, 0.25) is 0 Å². The Morgan fingerprint density at radius 3 is 2.74 bits per heavy atom. The summed E-state index contributed by atoms with van der Waals surface area (Å²) < 4.78 is 2.36. The fraction of sp³-hybridized carbons (Fsp3) is 0.562. The highest BCUT2D eigenvalue weighted by atomic mass is 15.1. The Balaban J connectivity index is 2.43. The van der Waals surface area contributed by atoms with Crippen molar-refractivity contribution in [3.8, 4) is 0 Å². The minimum Gasteiger partial charge on any atom is -0.327 e. The zero-order valence-corrected chi connectivity index (χ0v) is 12.5. The van der Waals surface area contributed by atoms with Gasteiger partial charge in [-0.15, -0.1) is 0 Å². The van der Waals surface area contributed by atoms with Crippen LogP contribution in [0.4, 0.5) is 0 Å². The summed E-state index contributed by atoms with van der Waals surface area (Å²) >= 11 is 0. The molecule has 0 radical (unpaired) electrons. The first-order valence-electron chi connectivity index (χ1n) is 7.37. The average molecular weight is 259 g/mol. The second kappa shape index (κ2) is 6.20. The maximum atomic E-state index is 4.85. The molecule has 0 aliphatic heterocycles. The number of nitrogens with zero attached hydrogens (tertiary/aromatic N) is 2. The largest absolute Gasteiger partial charge is 0.327 e. The lowest BCUT2D eigenvalue weighted by molar-refractivity contribution is 0.513. The summed E-state index contributed by atoms with van der Waals surface area (Å²) in [6.45, 7) is 10.8. The number of nitrogens with one attached hydrogen (secondary N) is 1. The average Bonchev–Trinajstić information content (AvgIpc) is 2.74. The summed E-state index contributed by atoms with van der Waals surface area (Å²) in [5.74, 6) is 1.16. The lowest BCUT2D eigenvalue weighted by Crippen LogP contribution is -2.22. The molecule has 104 valence electrons. The first-order valence-corrected chi connectivity index (χ1v) is 7.37. The van der Waals surface area contributed by atoms with Gasteiger partial charge in [0.15, 0.2) is 0 Å². The van der Waals surface area contributed by atoms with Crippen molar-refractivity contribution < 1.29 is 0 Å². The van der Waals surface area contributed by atoms with E-state index in [0.29, 0.717) is 6.04 Å². The second-order valence-corrected chi connectivity index (χ2v) is 5.29. The van der Waals surface area contributed by atoms with E-state index >= 15 is 0 Å². The Kier molecular flexibility index (Phi) is 4.59. The molecule has 1 unspecified atom stereocenters. The lowest BCUT2D eigenvalue weighted by atomic mass is 10.2. The van der Waals surface area contributed by atoms with Crippen LogP contribution in [0.15, 0.2) is 18.2 Å². The van der Waals surface area contributed by atoms with Gasteiger partial charge >= 0.3 is 0 Å². The first-order chi connectivity index (χ1) is 9.17. The normalized spacial score (nSPS) is 13.1. The summed E-state index contributed by atoms with van der Waals surface area (Å²) in [4.78, 5) is 4.85. The molecular weight excluding hydrogens is 234 g/mol. The quantitative estimate of drug-likeness (QED) is 0.854. The Morgan fingerprint density at radius 2 is 2.05 bits per heavy atom. The van der Waals surface area contributed by atoms with E-state index in [2.05, 4.69) is 55.8 Å². The van der Waals surface area contributed by atoms with Crippen molar-refractivity contribution in [1.82, 2.24) is 14.9 Å². The van der Waals surface area contributed by atoms with Crippen molar-refractivity contribution in [2.45, 2.75) is 53.1 Å². The van der Waals surface area contributed by atoms with Crippen LogP contribution in [0.25, 0.3) is 11.0 Å².